The maximum absolute atomic E-state index is 11.4. The van der Waals surface area contributed by atoms with Gasteiger partial charge >= 0.3 is 6.03 Å². The van der Waals surface area contributed by atoms with Gasteiger partial charge in [-0.2, -0.15) is 0 Å². The Morgan fingerprint density at radius 2 is 2.06 bits per heavy atom. The summed E-state index contributed by atoms with van der Waals surface area (Å²) in [5.74, 6) is 0. The predicted octanol–water partition coefficient (Wildman–Crippen LogP) is -0.0605. The molecule has 0 aliphatic heterocycles. The average molecular weight is 272 g/mol. The van der Waals surface area contributed by atoms with Crippen LogP contribution in [0.15, 0.2) is 24.3 Å². The molecule has 0 aliphatic carbocycles. The Balaban J connectivity index is 2.30. The van der Waals surface area contributed by atoms with E-state index >= 15 is 0 Å². The Bertz CT molecular complexity index is 516. The molecule has 0 fully saturated rings. The highest BCUT2D eigenvalue weighted by Crippen LogP contribution is 2.11. The summed E-state index contributed by atoms with van der Waals surface area (Å²) in [7, 11) is -3.22. The van der Waals surface area contributed by atoms with E-state index < -0.39 is 16.1 Å². The van der Waals surface area contributed by atoms with Crippen LogP contribution < -0.4 is 21.1 Å². The fourth-order valence-electron chi connectivity index (χ4n) is 1.20. The molecule has 0 saturated carbocycles. The minimum absolute atomic E-state index is 0.142. The van der Waals surface area contributed by atoms with E-state index in [1.165, 1.54) is 0 Å². The van der Waals surface area contributed by atoms with Crippen molar-refractivity contribution in [3.05, 3.63) is 24.3 Å². The highest BCUT2D eigenvalue weighted by Gasteiger charge is 2.02. The number of nitrogen functional groups attached to an aromatic ring is 1. The molecule has 0 spiro atoms. The van der Waals surface area contributed by atoms with Gasteiger partial charge in [0.1, 0.15) is 0 Å². The van der Waals surface area contributed by atoms with E-state index in [4.69, 9.17) is 5.73 Å². The van der Waals surface area contributed by atoms with Crippen molar-refractivity contribution in [2.45, 2.75) is 0 Å². The van der Waals surface area contributed by atoms with E-state index in [0.29, 0.717) is 11.4 Å². The molecule has 0 heterocycles. The Kier molecular flexibility index (Phi) is 4.93. The molecule has 1 rings (SSSR count). The number of amides is 2. The summed E-state index contributed by atoms with van der Waals surface area (Å²) in [6, 6.07) is 6.32. The van der Waals surface area contributed by atoms with Crippen molar-refractivity contribution in [3.63, 3.8) is 0 Å². The fourth-order valence-corrected chi connectivity index (χ4v) is 1.68. The van der Waals surface area contributed by atoms with Crippen molar-refractivity contribution in [2.75, 3.05) is 30.4 Å². The molecule has 100 valence electrons. The van der Waals surface area contributed by atoms with Gasteiger partial charge in [-0.25, -0.2) is 17.9 Å². The highest BCUT2D eigenvalue weighted by atomic mass is 32.2. The Hall–Kier alpha value is -1.80. The van der Waals surface area contributed by atoms with Gasteiger partial charge in [0.2, 0.25) is 10.0 Å². The first-order valence-corrected chi connectivity index (χ1v) is 7.11. The Morgan fingerprint density at radius 3 is 2.67 bits per heavy atom. The number of nitrogens with two attached hydrogens (primary N) is 1. The molecule has 0 saturated heterocycles. The van der Waals surface area contributed by atoms with E-state index in [-0.39, 0.29) is 13.1 Å². The van der Waals surface area contributed by atoms with Crippen LogP contribution in [0.3, 0.4) is 0 Å². The number of hydrogen-bond acceptors (Lipinski definition) is 4. The molecule has 2 amide bonds. The molecule has 0 bridgehead atoms. The molecule has 5 N–H and O–H groups in total. The fraction of sp³-hybridized carbons (Fsp3) is 0.300. The molecule has 0 aromatic heterocycles. The van der Waals surface area contributed by atoms with Crippen molar-refractivity contribution in [1.29, 1.82) is 0 Å². The number of anilines is 2. The van der Waals surface area contributed by atoms with Crippen LogP contribution in [-0.2, 0) is 10.0 Å². The number of carbonyl (C=O) groups excluding carboxylic acids is 1. The quantitative estimate of drug-likeness (QED) is 0.444. The van der Waals surface area contributed by atoms with Crippen molar-refractivity contribution in [2.24, 2.45) is 0 Å². The van der Waals surface area contributed by atoms with Crippen LogP contribution in [0.2, 0.25) is 0 Å². The lowest BCUT2D eigenvalue weighted by molar-refractivity contribution is 0.252. The van der Waals surface area contributed by atoms with Gasteiger partial charge in [-0.05, 0) is 18.2 Å². The van der Waals surface area contributed by atoms with E-state index in [9.17, 15) is 13.2 Å². The molecular formula is C10H16N4O3S. The Morgan fingerprint density at radius 1 is 1.33 bits per heavy atom. The first kappa shape index (κ1) is 14.3. The lowest BCUT2D eigenvalue weighted by atomic mass is 10.3. The first-order chi connectivity index (χ1) is 8.37. The van der Waals surface area contributed by atoms with Crippen molar-refractivity contribution < 1.29 is 13.2 Å². The number of benzene rings is 1. The van der Waals surface area contributed by atoms with E-state index in [1.54, 1.807) is 24.3 Å². The molecule has 1 aromatic carbocycles. The number of hydrogen-bond donors (Lipinski definition) is 4. The lowest BCUT2D eigenvalue weighted by Crippen LogP contribution is -2.36. The average Bonchev–Trinajstić information content (AvgIpc) is 2.23. The topological polar surface area (TPSA) is 113 Å². The third kappa shape index (κ3) is 6.06. The second-order valence-electron chi connectivity index (χ2n) is 3.67. The highest BCUT2D eigenvalue weighted by molar-refractivity contribution is 7.88. The molecule has 8 heteroatoms. The molecule has 0 aliphatic rings. The predicted molar refractivity (Wildman–Crippen MR) is 70.7 cm³/mol. The molecule has 18 heavy (non-hydrogen) atoms. The SMILES string of the molecule is CS(=O)(=O)NCCNC(=O)Nc1cccc(N)c1. The molecule has 0 radical (unpaired) electrons. The summed E-state index contributed by atoms with van der Waals surface area (Å²) in [4.78, 5) is 11.4. The molecule has 0 atom stereocenters. The zero-order valence-corrected chi connectivity index (χ0v) is 10.8. The second-order valence-corrected chi connectivity index (χ2v) is 5.51. The minimum atomic E-state index is -3.22. The summed E-state index contributed by atoms with van der Waals surface area (Å²) < 4.78 is 23.8. The maximum atomic E-state index is 11.4. The number of nitrogens with one attached hydrogen (secondary N) is 3. The van der Waals surface area contributed by atoms with Crippen LogP contribution in [0, 0.1) is 0 Å². The summed E-state index contributed by atoms with van der Waals surface area (Å²) in [6.45, 7) is 0.338. The normalized spacial score (nSPS) is 10.9. The molecule has 7 nitrogen and oxygen atoms in total. The van der Waals surface area contributed by atoms with Gasteiger partial charge in [0.05, 0.1) is 6.26 Å². The van der Waals surface area contributed by atoms with Crippen molar-refractivity contribution >= 4 is 27.4 Å². The number of rotatable bonds is 5. The van der Waals surface area contributed by atoms with Crippen LogP contribution in [-0.4, -0.2) is 33.8 Å². The van der Waals surface area contributed by atoms with Crippen LogP contribution in [0.25, 0.3) is 0 Å². The van der Waals surface area contributed by atoms with Gasteiger partial charge in [-0.3, -0.25) is 0 Å². The summed E-state index contributed by atoms with van der Waals surface area (Å²) in [5.41, 5.74) is 6.68. The van der Waals surface area contributed by atoms with Crippen molar-refractivity contribution in [3.8, 4) is 0 Å². The van der Waals surface area contributed by atoms with Crippen LogP contribution in [0.5, 0.6) is 0 Å². The zero-order chi connectivity index (χ0) is 13.6. The minimum Gasteiger partial charge on any atom is -0.399 e. The van der Waals surface area contributed by atoms with Crippen molar-refractivity contribution in [1.82, 2.24) is 10.0 Å². The van der Waals surface area contributed by atoms with E-state index in [0.717, 1.165) is 6.26 Å². The molecule has 0 unspecified atom stereocenters. The largest absolute Gasteiger partial charge is 0.399 e. The summed E-state index contributed by atoms with van der Waals surface area (Å²) in [6.07, 6.45) is 1.06. The first-order valence-electron chi connectivity index (χ1n) is 5.22. The Labute approximate surface area is 106 Å². The third-order valence-electron chi connectivity index (χ3n) is 1.92. The van der Waals surface area contributed by atoms with Gasteiger partial charge in [0, 0.05) is 24.5 Å². The second kappa shape index (κ2) is 6.22. The lowest BCUT2D eigenvalue weighted by Gasteiger charge is -2.08. The third-order valence-corrected chi connectivity index (χ3v) is 2.65. The van der Waals surface area contributed by atoms with Crippen LogP contribution >= 0.6 is 0 Å². The van der Waals surface area contributed by atoms with Gasteiger partial charge in [0.15, 0.2) is 0 Å². The van der Waals surface area contributed by atoms with Crippen LogP contribution in [0.1, 0.15) is 0 Å². The van der Waals surface area contributed by atoms with E-state index in [2.05, 4.69) is 15.4 Å². The molecular weight excluding hydrogens is 256 g/mol. The van der Waals surface area contributed by atoms with E-state index in [1.807, 2.05) is 0 Å². The standard InChI is InChI=1S/C10H16N4O3S/c1-18(16,17)13-6-5-12-10(15)14-9-4-2-3-8(11)7-9/h2-4,7,13H,5-6,11H2,1H3,(H2,12,14,15). The van der Waals surface area contributed by atoms with Gasteiger partial charge in [-0.1, -0.05) is 6.07 Å². The number of urea groups is 1. The van der Waals surface area contributed by atoms with Gasteiger partial charge in [0.25, 0.3) is 0 Å². The smallest absolute Gasteiger partial charge is 0.319 e. The van der Waals surface area contributed by atoms with Gasteiger partial charge in [-0.15, -0.1) is 0 Å². The number of carbonyl (C=O) groups is 1. The summed E-state index contributed by atoms with van der Waals surface area (Å²) >= 11 is 0. The monoisotopic (exact) mass is 272 g/mol. The number of sulfonamides is 1. The zero-order valence-electron chi connectivity index (χ0n) is 9.93. The summed E-state index contributed by atoms with van der Waals surface area (Å²) in [5, 5.41) is 5.08. The van der Waals surface area contributed by atoms with Gasteiger partial charge < -0.3 is 16.4 Å². The maximum Gasteiger partial charge on any atom is 0.319 e. The van der Waals surface area contributed by atoms with Crippen LogP contribution in [0.4, 0.5) is 16.2 Å². The molecule has 1 aromatic rings.